The molecule has 0 radical (unpaired) electrons. The van der Waals surface area contributed by atoms with E-state index in [1.165, 1.54) is 96.0 Å². The van der Waals surface area contributed by atoms with Crippen LogP contribution in [0.5, 0.6) is 0 Å². The summed E-state index contributed by atoms with van der Waals surface area (Å²) in [6.45, 7) is 2.26. The molecular weight excluding hydrogens is 398 g/mol. The molecule has 0 aromatic heterocycles. The van der Waals surface area contributed by atoms with Gasteiger partial charge in [0, 0.05) is 17.9 Å². The quantitative estimate of drug-likeness (QED) is 0.126. The van der Waals surface area contributed by atoms with Gasteiger partial charge in [-0.3, -0.25) is 0 Å². The monoisotopic (exact) mass is 440 g/mol. The Bertz CT molecular complexity index is 414. The van der Waals surface area contributed by atoms with Crippen molar-refractivity contribution in [1.29, 1.82) is 0 Å². The van der Waals surface area contributed by atoms with Gasteiger partial charge in [0.05, 0.1) is 0 Å². The van der Waals surface area contributed by atoms with Crippen LogP contribution < -0.4 is 69.3 Å². The van der Waals surface area contributed by atoms with Crippen LogP contribution in [0.15, 0.2) is 12.2 Å². The molecular formula is C24H42Na2O4. The van der Waals surface area contributed by atoms with Crippen LogP contribution in [0, 0.1) is 5.92 Å². The molecule has 6 heteroatoms. The van der Waals surface area contributed by atoms with E-state index in [4.69, 9.17) is 0 Å². The van der Waals surface area contributed by atoms with E-state index >= 15 is 0 Å². The molecule has 0 bridgehead atoms. The van der Waals surface area contributed by atoms with Crippen LogP contribution in [0.2, 0.25) is 0 Å². The molecule has 0 saturated carbocycles. The summed E-state index contributed by atoms with van der Waals surface area (Å²) in [5.41, 5.74) is 0. The Kier molecular flexibility index (Phi) is 32.6. The second kappa shape index (κ2) is 27.7. The minimum absolute atomic E-state index is 0. The van der Waals surface area contributed by atoms with Gasteiger partial charge >= 0.3 is 59.1 Å². The molecule has 1 atom stereocenters. The Balaban J connectivity index is -0.00000364. The summed E-state index contributed by atoms with van der Waals surface area (Å²) in [5.74, 6) is -3.79. The SMILES string of the molecule is CCCCCCCCCCCCCCCCCC/C=C/C(CC(=O)[O-])C(=O)[O-].[Na+].[Na+]. The first-order valence-corrected chi connectivity index (χ1v) is 11.6. The molecule has 0 aromatic carbocycles. The number of carboxylic acid groups (broad SMARTS) is 2. The zero-order chi connectivity index (χ0) is 20.9. The van der Waals surface area contributed by atoms with Gasteiger partial charge in [0.1, 0.15) is 0 Å². The average Bonchev–Trinajstić information content (AvgIpc) is 2.65. The average molecular weight is 441 g/mol. The fourth-order valence-electron chi connectivity index (χ4n) is 3.48. The van der Waals surface area contributed by atoms with Gasteiger partial charge < -0.3 is 19.8 Å². The Morgan fingerprint density at radius 2 is 1.03 bits per heavy atom. The first-order valence-electron chi connectivity index (χ1n) is 11.6. The Morgan fingerprint density at radius 1 is 0.667 bits per heavy atom. The summed E-state index contributed by atoms with van der Waals surface area (Å²) in [4.78, 5) is 21.3. The summed E-state index contributed by atoms with van der Waals surface area (Å²) in [6, 6.07) is 0. The van der Waals surface area contributed by atoms with E-state index in [0.717, 1.165) is 19.3 Å². The van der Waals surface area contributed by atoms with E-state index in [2.05, 4.69) is 6.92 Å². The largest absolute Gasteiger partial charge is 1.00 e. The fourth-order valence-corrected chi connectivity index (χ4v) is 3.48. The number of hydrogen-bond acceptors (Lipinski definition) is 4. The van der Waals surface area contributed by atoms with Crippen LogP contribution in [-0.2, 0) is 9.59 Å². The second-order valence-electron chi connectivity index (χ2n) is 8.02. The van der Waals surface area contributed by atoms with Gasteiger partial charge in [-0.2, -0.15) is 0 Å². The number of unbranched alkanes of at least 4 members (excludes halogenated alkanes) is 16. The number of carbonyl (C=O) groups is 2. The molecule has 4 nitrogen and oxygen atoms in total. The molecule has 0 aliphatic rings. The van der Waals surface area contributed by atoms with Crippen LogP contribution in [0.3, 0.4) is 0 Å². The molecule has 0 rings (SSSR count). The molecule has 0 aromatic rings. The zero-order valence-electron chi connectivity index (χ0n) is 20.1. The number of carboxylic acids is 2. The van der Waals surface area contributed by atoms with E-state index in [9.17, 15) is 19.8 Å². The number of aliphatic carboxylic acids is 2. The molecule has 0 saturated heterocycles. The first kappa shape index (κ1) is 35.3. The summed E-state index contributed by atoms with van der Waals surface area (Å²) < 4.78 is 0. The number of carbonyl (C=O) groups excluding carboxylic acids is 2. The summed E-state index contributed by atoms with van der Waals surface area (Å²) >= 11 is 0. The van der Waals surface area contributed by atoms with Gasteiger partial charge in [-0.15, -0.1) is 0 Å². The predicted octanol–water partition coefficient (Wildman–Crippen LogP) is -1.29. The predicted molar refractivity (Wildman–Crippen MR) is 111 cm³/mol. The summed E-state index contributed by atoms with van der Waals surface area (Å²) in [6.07, 6.45) is 24.7. The molecule has 30 heavy (non-hydrogen) atoms. The van der Waals surface area contributed by atoms with Crippen molar-refractivity contribution in [3.8, 4) is 0 Å². The van der Waals surface area contributed by atoms with Crippen molar-refractivity contribution in [2.24, 2.45) is 5.92 Å². The van der Waals surface area contributed by atoms with Crippen LogP contribution in [0.25, 0.3) is 0 Å². The van der Waals surface area contributed by atoms with Crippen molar-refractivity contribution in [3.05, 3.63) is 12.2 Å². The fraction of sp³-hybridized carbons (Fsp3) is 0.833. The van der Waals surface area contributed by atoms with Gasteiger partial charge in [0.25, 0.3) is 0 Å². The second-order valence-corrected chi connectivity index (χ2v) is 8.02. The molecule has 164 valence electrons. The topological polar surface area (TPSA) is 80.3 Å². The van der Waals surface area contributed by atoms with Gasteiger partial charge in [-0.05, 0) is 19.3 Å². The van der Waals surface area contributed by atoms with Crippen molar-refractivity contribution in [2.45, 2.75) is 122 Å². The van der Waals surface area contributed by atoms with E-state index in [1.54, 1.807) is 6.08 Å². The van der Waals surface area contributed by atoms with Crippen molar-refractivity contribution < 1.29 is 78.9 Å². The van der Waals surface area contributed by atoms with Crippen molar-refractivity contribution in [1.82, 2.24) is 0 Å². The summed E-state index contributed by atoms with van der Waals surface area (Å²) in [5, 5.41) is 21.3. The molecule has 0 heterocycles. The molecule has 0 spiro atoms. The van der Waals surface area contributed by atoms with Gasteiger partial charge in [-0.1, -0.05) is 115 Å². The standard InChI is InChI=1S/C24H44O4.2Na/c1-2-3-4-5-6-7-8-9-10-11-12-13-14-15-16-17-18-19-20-22(24(27)28)21-23(25)26;;/h19-20,22H,2-18,21H2,1H3,(H,25,26)(H,27,28);;/q;2*+1/p-2/b20-19+;;. The van der Waals surface area contributed by atoms with E-state index in [1.807, 2.05) is 0 Å². The van der Waals surface area contributed by atoms with Crippen LogP contribution in [-0.4, -0.2) is 11.9 Å². The molecule has 0 aliphatic carbocycles. The Hall–Kier alpha value is 0.680. The molecule has 0 aliphatic heterocycles. The number of hydrogen-bond donors (Lipinski definition) is 0. The third-order valence-corrected chi connectivity index (χ3v) is 5.28. The zero-order valence-corrected chi connectivity index (χ0v) is 24.1. The van der Waals surface area contributed by atoms with Gasteiger partial charge in [0.15, 0.2) is 0 Å². The van der Waals surface area contributed by atoms with Crippen LogP contribution >= 0.6 is 0 Å². The third-order valence-electron chi connectivity index (χ3n) is 5.28. The minimum atomic E-state index is -1.36. The van der Waals surface area contributed by atoms with Gasteiger partial charge in [0.2, 0.25) is 0 Å². The molecule has 0 fully saturated rings. The third kappa shape index (κ3) is 26.7. The summed E-state index contributed by atoms with van der Waals surface area (Å²) in [7, 11) is 0. The maximum Gasteiger partial charge on any atom is 1.00 e. The normalized spacial score (nSPS) is 11.6. The van der Waals surface area contributed by atoms with E-state index < -0.39 is 24.3 Å². The first-order chi connectivity index (χ1) is 13.6. The molecule has 0 amide bonds. The Labute approximate surface area is 229 Å². The van der Waals surface area contributed by atoms with E-state index in [-0.39, 0.29) is 59.1 Å². The van der Waals surface area contributed by atoms with Crippen LogP contribution in [0.1, 0.15) is 122 Å². The van der Waals surface area contributed by atoms with Crippen molar-refractivity contribution >= 4 is 11.9 Å². The number of allylic oxidation sites excluding steroid dienone is 1. The van der Waals surface area contributed by atoms with E-state index in [0.29, 0.717) is 0 Å². The molecule has 0 N–H and O–H groups in total. The maximum absolute atomic E-state index is 10.8. The van der Waals surface area contributed by atoms with Gasteiger partial charge in [-0.25, -0.2) is 0 Å². The van der Waals surface area contributed by atoms with Crippen LogP contribution in [0.4, 0.5) is 0 Å². The minimum Gasteiger partial charge on any atom is -0.550 e. The molecule has 1 unspecified atom stereocenters. The van der Waals surface area contributed by atoms with Crippen molar-refractivity contribution in [3.63, 3.8) is 0 Å². The smallest absolute Gasteiger partial charge is 0.550 e. The number of rotatable bonds is 21. The maximum atomic E-state index is 10.8. The Morgan fingerprint density at radius 3 is 1.37 bits per heavy atom. The van der Waals surface area contributed by atoms with Crippen molar-refractivity contribution in [2.75, 3.05) is 0 Å².